The first-order chi connectivity index (χ1) is 9.16. The molecule has 3 rings (SSSR count). The summed E-state index contributed by atoms with van der Waals surface area (Å²) in [6.45, 7) is 0.679. The highest BCUT2D eigenvalue weighted by molar-refractivity contribution is 7.99. The molecule has 5 heteroatoms. The number of rotatable bonds is 2. The van der Waals surface area contributed by atoms with Crippen molar-refractivity contribution in [2.24, 2.45) is 5.92 Å². The van der Waals surface area contributed by atoms with Gasteiger partial charge in [0.15, 0.2) is 0 Å². The molecule has 1 fully saturated rings. The number of hydrogen-bond donors (Lipinski definition) is 1. The van der Waals surface area contributed by atoms with Gasteiger partial charge in [0, 0.05) is 23.9 Å². The number of benzene rings is 1. The summed E-state index contributed by atoms with van der Waals surface area (Å²) in [5, 5.41) is 9.05. The normalized spacial score (nSPS) is 21.5. The summed E-state index contributed by atoms with van der Waals surface area (Å²) in [5.41, 5.74) is 2.12. The van der Waals surface area contributed by atoms with E-state index in [4.69, 9.17) is 5.11 Å². The van der Waals surface area contributed by atoms with Crippen LogP contribution in [0.2, 0.25) is 0 Å². The van der Waals surface area contributed by atoms with Gasteiger partial charge in [0.05, 0.1) is 5.56 Å². The molecular weight excluding hydrogens is 262 g/mol. The lowest BCUT2D eigenvalue weighted by molar-refractivity contribution is -0.121. The fourth-order valence-electron chi connectivity index (χ4n) is 2.69. The zero-order valence-electron chi connectivity index (χ0n) is 10.5. The van der Waals surface area contributed by atoms with Crippen molar-refractivity contribution in [2.75, 3.05) is 23.0 Å². The molecule has 1 N–H and O–H groups in total. The summed E-state index contributed by atoms with van der Waals surface area (Å²) in [6.07, 6.45) is 1.76. The number of fused-ring (bicyclic) bond motifs is 1. The van der Waals surface area contributed by atoms with Crippen LogP contribution in [0.5, 0.6) is 0 Å². The molecule has 0 aliphatic carbocycles. The topological polar surface area (TPSA) is 57.6 Å². The number of carbonyl (C=O) groups excluding carboxylic acids is 1. The molecule has 4 nitrogen and oxygen atoms in total. The van der Waals surface area contributed by atoms with Gasteiger partial charge in [-0.3, -0.25) is 4.79 Å². The summed E-state index contributed by atoms with van der Waals surface area (Å²) in [5.74, 6) is 1.25. The number of anilines is 1. The number of carboxylic acid groups (broad SMARTS) is 1. The molecule has 2 heterocycles. The lowest BCUT2D eigenvalue weighted by Crippen LogP contribution is -2.34. The SMILES string of the molecule is O=C(O)c1ccc2c(c1)N(C(=O)C1CCSC1)CC2. The van der Waals surface area contributed by atoms with Gasteiger partial charge in [0.2, 0.25) is 5.91 Å². The van der Waals surface area contributed by atoms with Gasteiger partial charge in [-0.1, -0.05) is 6.07 Å². The highest BCUT2D eigenvalue weighted by Gasteiger charge is 2.32. The number of hydrogen-bond acceptors (Lipinski definition) is 3. The van der Waals surface area contributed by atoms with Crippen LogP contribution in [0.15, 0.2) is 18.2 Å². The van der Waals surface area contributed by atoms with E-state index in [0.29, 0.717) is 6.54 Å². The van der Waals surface area contributed by atoms with E-state index in [1.807, 2.05) is 17.8 Å². The molecular formula is C14H15NO3S. The van der Waals surface area contributed by atoms with E-state index in [-0.39, 0.29) is 17.4 Å². The lowest BCUT2D eigenvalue weighted by atomic mass is 10.1. The van der Waals surface area contributed by atoms with E-state index in [9.17, 15) is 9.59 Å². The summed E-state index contributed by atoms with van der Waals surface area (Å²) < 4.78 is 0. The zero-order valence-corrected chi connectivity index (χ0v) is 11.3. The molecule has 2 aliphatic heterocycles. The summed E-state index contributed by atoms with van der Waals surface area (Å²) in [7, 11) is 0. The molecule has 1 amide bonds. The van der Waals surface area contributed by atoms with Crippen molar-refractivity contribution < 1.29 is 14.7 Å². The van der Waals surface area contributed by atoms with Crippen molar-refractivity contribution in [1.29, 1.82) is 0 Å². The quantitative estimate of drug-likeness (QED) is 0.898. The van der Waals surface area contributed by atoms with Crippen molar-refractivity contribution in [2.45, 2.75) is 12.8 Å². The van der Waals surface area contributed by atoms with Gasteiger partial charge in [0.25, 0.3) is 0 Å². The zero-order chi connectivity index (χ0) is 13.4. The molecule has 1 saturated heterocycles. The first-order valence-electron chi connectivity index (χ1n) is 6.42. The fourth-order valence-corrected chi connectivity index (χ4v) is 3.90. The Morgan fingerprint density at radius 1 is 1.37 bits per heavy atom. The third kappa shape index (κ3) is 2.23. The standard InChI is InChI=1S/C14H15NO3S/c16-13(11-4-6-19-8-11)15-5-3-9-1-2-10(14(17)18)7-12(9)15/h1-2,7,11H,3-6,8H2,(H,17,18). The molecule has 0 spiro atoms. The average molecular weight is 277 g/mol. The Kier molecular flexibility index (Phi) is 3.22. The first-order valence-corrected chi connectivity index (χ1v) is 7.57. The van der Waals surface area contributed by atoms with Crippen LogP contribution in [0.4, 0.5) is 5.69 Å². The lowest BCUT2D eigenvalue weighted by Gasteiger charge is -2.21. The molecule has 1 unspecified atom stereocenters. The number of carboxylic acids is 1. The van der Waals surface area contributed by atoms with Crippen LogP contribution in [-0.4, -0.2) is 35.0 Å². The summed E-state index contributed by atoms with van der Waals surface area (Å²) in [4.78, 5) is 25.3. The number of aromatic carboxylic acids is 1. The minimum absolute atomic E-state index is 0.101. The van der Waals surface area contributed by atoms with Gasteiger partial charge in [-0.15, -0.1) is 0 Å². The minimum atomic E-state index is -0.946. The predicted molar refractivity (Wildman–Crippen MR) is 74.9 cm³/mol. The Morgan fingerprint density at radius 2 is 2.21 bits per heavy atom. The number of amides is 1. The Bertz CT molecular complexity index is 537. The van der Waals surface area contributed by atoms with E-state index in [2.05, 4.69) is 0 Å². The van der Waals surface area contributed by atoms with Crippen LogP contribution >= 0.6 is 11.8 Å². The van der Waals surface area contributed by atoms with Gasteiger partial charge < -0.3 is 10.0 Å². The molecule has 1 aromatic rings. The van der Waals surface area contributed by atoms with Crippen LogP contribution in [0.25, 0.3) is 0 Å². The van der Waals surface area contributed by atoms with Crippen molar-refractivity contribution in [3.63, 3.8) is 0 Å². The van der Waals surface area contributed by atoms with Gasteiger partial charge >= 0.3 is 5.97 Å². The Hall–Kier alpha value is -1.49. The van der Waals surface area contributed by atoms with Crippen LogP contribution in [-0.2, 0) is 11.2 Å². The van der Waals surface area contributed by atoms with Gasteiger partial charge in [-0.2, -0.15) is 11.8 Å². The van der Waals surface area contributed by atoms with Gasteiger partial charge in [0.1, 0.15) is 0 Å². The van der Waals surface area contributed by atoms with Gasteiger partial charge in [-0.05, 0) is 36.3 Å². The maximum absolute atomic E-state index is 12.5. The highest BCUT2D eigenvalue weighted by atomic mass is 32.2. The molecule has 0 aromatic heterocycles. The van der Waals surface area contributed by atoms with Crippen molar-refractivity contribution >= 4 is 29.3 Å². The monoisotopic (exact) mass is 277 g/mol. The van der Waals surface area contributed by atoms with E-state index < -0.39 is 5.97 Å². The van der Waals surface area contributed by atoms with Crippen LogP contribution < -0.4 is 4.90 Å². The maximum atomic E-state index is 12.5. The molecule has 1 aromatic carbocycles. The van der Waals surface area contributed by atoms with Crippen LogP contribution in [0, 0.1) is 5.92 Å². The number of carbonyl (C=O) groups is 2. The number of thioether (sulfide) groups is 1. The summed E-state index contributed by atoms with van der Waals surface area (Å²) in [6, 6.07) is 5.07. The average Bonchev–Trinajstić information content (AvgIpc) is 3.06. The van der Waals surface area contributed by atoms with Gasteiger partial charge in [-0.25, -0.2) is 4.79 Å². The smallest absolute Gasteiger partial charge is 0.335 e. The van der Waals surface area contributed by atoms with Crippen molar-refractivity contribution in [3.05, 3.63) is 29.3 Å². The highest BCUT2D eigenvalue weighted by Crippen LogP contribution is 2.33. The van der Waals surface area contributed by atoms with Crippen molar-refractivity contribution in [1.82, 2.24) is 0 Å². The van der Waals surface area contributed by atoms with E-state index in [1.54, 1.807) is 17.0 Å². The third-order valence-electron chi connectivity index (χ3n) is 3.77. The minimum Gasteiger partial charge on any atom is -0.478 e. The second kappa shape index (κ2) is 4.89. The molecule has 19 heavy (non-hydrogen) atoms. The Balaban J connectivity index is 1.89. The van der Waals surface area contributed by atoms with Crippen LogP contribution in [0.1, 0.15) is 22.3 Å². The van der Waals surface area contributed by atoms with E-state index in [0.717, 1.165) is 35.6 Å². The van der Waals surface area contributed by atoms with E-state index in [1.165, 1.54) is 0 Å². The second-order valence-corrected chi connectivity index (χ2v) is 6.10. The third-order valence-corrected chi connectivity index (χ3v) is 4.94. The van der Waals surface area contributed by atoms with Crippen molar-refractivity contribution in [3.8, 4) is 0 Å². The fraction of sp³-hybridized carbons (Fsp3) is 0.429. The predicted octanol–water partition coefficient (Wildman–Crippen LogP) is 2.03. The molecule has 100 valence electrons. The largest absolute Gasteiger partial charge is 0.478 e. The summed E-state index contributed by atoms with van der Waals surface area (Å²) >= 11 is 1.82. The van der Waals surface area contributed by atoms with Crippen LogP contribution in [0.3, 0.4) is 0 Å². The second-order valence-electron chi connectivity index (χ2n) is 4.95. The van der Waals surface area contributed by atoms with E-state index >= 15 is 0 Å². The Labute approximate surface area is 115 Å². The Morgan fingerprint density at radius 3 is 2.89 bits per heavy atom. The molecule has 2 aliphatic rings. The first kappa shape index (κ1) is 12.5. The molecule has 0 radical (unpaired) electrons. The molecule has 1 atom stereocenters. The number of nitrogens with zero attached hydrogens (tertiary/aromatic N) is 1. The molecule has 0 bridgehead atoms. The maximum Gasteiger partial charge on any atom is 0.335 e. The molecule has 0 saturated carbocycles.